The van der Waals surface area contributed by atoms with Gasteiger partial charge in [-0.2, -0.15) is 0 Å². The molecule has 1 aromatic rings. The summed E-state index contributed by atoms with van der Waals surface area (Å²) in [5.74, 6) is 1.18. The number of amides is 1. The van der Waals surface area contributed by atoms with Gasteiger partial charge in [0.1, 0.15) is 11.5 Å². The van der Waals surface area contributed by atoms with Gasteiger partial charge in [-0.1, -0.05) is 0 Å². The van der Waals surface area contributed by atoms with E-state index in [-0.39, 0.29) is 5.91 Å². The predicted octanol–water partition coefficient (Wildman–Crippen LogP) is 1.20. The highest BCUT2D eigenvalue weighted by Gasteiger charge is 2.09. The lowest BCUT2D eigenvalue weighted by atomic mass is 10.2. The number of hydrogen-bond acceptors (Lipinski definition) is 4. The van der Waals surface area contributed by atoms with Crippen LogP contribution < -0.4 is 14.8 Å². The Labute approximate surface area is 101 Å². The minimum atomic E-state index is -0.0848. The van der Waals surface area contributed by atoms with Gasteiger partial charge in [0.15, 0.2) is 0 Å². The Hall–Kier alpha value is -1.75. The molecule has 5 heteroatoms. The topological polar surface area (TPSA) is 50.8 Å². The van der Waals surface area contributed by atoms with Crippen molar-refractivity contribution in [2.45, 2.75) is 0 Å². The zero-order valence-electron chi connectivity index (χ0n) is 10.6. The molecule has 1 rings (SSSR count). The van der Waals surface area contributed by atoms with Gasteiger partial charge >= 0.3 is 0 Å². The van der Waals surface area contributed by atoms with Crippen molar-refractivity contribution in [1.82, 2.24) is 4.90 Å². The molecule has 0 fully saturated rings. The largest absolute Gasteiger partial charge is 0.497 e. The van der Waals surface area contributed by atoms with Crippen LogP contribution in [0, 0.1) is 0 Å². The summed E-state index contributed by atoms with van der Waals surface area (Å²) in [5.41, 5.74) is 0.639. The number of ether oxygens (including phenoxy) is 2. The van der Waals surface area contributed by atoms with E-state index in [0.29, 0.717) is 23.7 Å². The third kappa shape index (κ3) is 3.96. The summed E-state index contributed by atoms with van der Waals surface area (Å²) >= 11 is 0. The highest BCUT2D eigenvalue weighted by molar-refractivity contribution is 5.93. The molecule has 0 saturated heterocycles. The zero-order valence-corrected chi connectivity index (χ0v) is 10.6. The number of nitrogens with zero attached hydrogens (tertiary/aromatic N) is 1. The van der Waals surface area contributed by atoms with E-state index in [2.05, 4.69) is 5.32 Å². The van der Waals surface area contributed by atoms with Crippen LogP contribution in [0.3, 0.4) is 0 Å². The summed E-state index contributed by atoms with van der Waals surface area (Å²) in [6.07, 6.45) is 0. The van der Waals surface area contributed by atoms with Crippen molar-refractivity contribution in [2.75, 3.05) is 40.2 Å². The maximum atomic E-state index is 11.6. The molecule has 0 saturated carbocycles. The summed E-state index contributed by atoms with van der Waals surface area (Å²) in [6, 6.07) is 5.25. The first-order chi connectivity index (χ1) is 8.06. The van der Waals surface area contributed by atoms with Crippen molar-refractivity contribution in [3.05, 3.63) is 18.2 Å². The molecule has 0 bridgehead atoms. The van der Waals surface area contributed by atoms with E-state index in [1.807, 2.05) is 14.1 Å². The number of anilines is 1. The Morgan fingerprint density at radius 3 is 2.53 bits per heavy atom. The van der Waals surface area contributed by atoms with Crippen LogP contribution in [0.15, 0.2) is 18.2 Å². The molecule has 0 aliphatic heterocycles. The molecule has 94 valence electrons. The van der Waals surface area contributed by atoms with Gasteiger partial charge in [0.05, 0.1) is 26.5 Å². The lowest BCUT2D eigenvalue weighted by molar-refractivity contribution is -0.116. The number of carbonyl (C=O) groups is 1. The van der Waals surface area contributed by atoms with E-state index in [0.717, 1.165) is 0 Å². The summed E-state index contributed by atoms with van der Waals surface area (Å²) in [5, 5.41) is 2.78. The smallest absolute Gasteiger partial charge is 0.238 e. The van der Waals surface area contributed by atoms with Crippen molar-refractivity contribution in [3.8, 4) is 11.5 Å². The molecule has 1 N–H and O–H groups in total. The molecule has 5 nitrogen and oxygen atoms in total. The molecule has 0 unspecified atom stereocenters. The van der Waals surface area contributed by atoms with Gasteiger partial charge in [0, 0.05) is 6.07 Å². The quantitative estimate of drug-likeness (QED) is 0.837. The molecule has 1 amide bonds. The van der Waals surface area contributed by atoms with Crippen molar-refractivity contribution in [2.24, 2.45) is 0 Å². The zero-order chi connectivity index (χ0) is 12.8. The average Bonchev–Trinajstić information content (AvgIpc) is 2.28. The van der Waals surface area contributed by atoms with E-state index in [1.54, 1.807) is 37.3 Å². The van der Waals surface area contributed by atoms with Gasteiger partial charge in [-0.25, -0.2) is 0 Å². The summed E-state index contributed by atoms with van der Waals surface area (Å²) < 4.78 is 10.3. The first kappa shape index (κ1) is 13.3. The highest BCUT2D eigenvalue weighted by Crippen LogP contribution is 2.28. The van der Waals surface area contributed by atoms with E-state index in [9.17, 15) is 4.79 Å². The molecule has 0 atom stereocenters. The number of carbonyl (C=O) groups excluding carboxylic acids is 1. The van der Waals surface area contributed by atoms with Crippen LogP contribution in [0.2, 0.25) is 0 Å². The number of nitrogens with one attached hydrogen (secondary N) is 1. The molecule has 0 aromatic heterocycles. The number of benzene rings is 1. The molecule has 1 aromatic carbocycles. The lowest BCUT2D eigenvalue weighted by Gasteiger charge is -2.13. The van der Waals surface area contributed by atoms with E-state index < -0.39 is 0 Å². The van der Waals surface area contributed by atoms with Gasteiger partial charge in [-0.15, -0.1) is 0 Å². The number of methoxy groups -OCH3 is 2. The van der Waals surface area contributed by atoms with Crippen molar-refractivity contribution < 1.29 is 14.3 Å². The standard InChI is InChI=1S/C12H18N2O3/c1-14(2)8-12(15)13-10-6-5-9(16-3)7-11(10)17-4/h5-7H,8H2,1-4H3,(H,13,15). The summed E-state index contributed by atoms with van der Waals surface area (Å²) in [6.45, 7) is 0.329. The second-order valence-corrected chi connectivity index (χ2v) is 3.85. The molecule has 0 aliphatic carbocycles. The van der Waals surface area contributed by atoms with Crippen LogP contribution >= 0.6 is 0 Å². The van der Waals surface area contributed by atoms with Gasteiger partial charge in [-0.3, -0.25) is 4.79 Å². The molecule has 17 heavy (non-hydrogen) atoms. The second-order valence-electron chi connectivity index (χ2n) is 3.85. The second kappa shape index (κ2) is 6.10. The summed E-state index contributed by atoms with van der Waals surface area (Å²) in [7, 11) is 6.81. The maximum absolute atomic E-state index is 11.6. The minimum absolute atomic E-state index is 0.0848. The fourth-order valence-corrected chi connectivity index (χ4v) is 1.38. The SMILES string of the molecule is COc1ccc(NC(=O)CN(C)C)c(OC)c1. The maximum Gasteiger partial charge on any atom is 0.238 e. The number of rotatable bonds is 5. The Morgan fingerprint density at radius 2 is 2.00 bits per heavy atom. The lowest BCUT2D eigenvalue weighted by Crippen LogP contribution is -2.27. The normalized spacial score (nSPS) is 10.2. The van der Waals surface area contributed by atoms with Gasteiger partial charge in [0.2, 0.25) is 5.91 Å². The predicted molar refractivity (Wildman–Crippen MR) is 66.7 cm³/mol. The molecule has 0 radical (unpaired) electrons. The molecular formula is C12H18N2O3. The first-order valence-electron chi connectivity index (χ1n) is 5.23. The van der Waals surface area contributed by atoms with E-state index in [4.69, 9.17) is 9.47 Å². The van der Waals surface area contributed by atoms with Crippen LogP contribution in [0.5, 0.6) is 11.5 Å². The van der Waals surface area contributed by atoms with Gasteiger partial charge < -0.3 is 19.7 Å². The fourth-order valence-electron chi connectivity index (χ4n) is 1.38. The van der Waals surface area contributed by atoms with Crippen LogP contribution in [0.1, 0.15) is 0 Å². The fraction of sp³-hybridized carbons (Fsp3) is 0.417. The Bertz CT molecular complexity index is 391. The van der Waals surface area contributed by atoms with Crippen LogP contribution in [0.4, 0.5) is 5.69 Å². The number of hydrogen-bond donors (Lipinski definition) is 1. The van der Waals surface area contributed by atoms with Crippen LogP contribution in [-0.4, -0.2) is 45.7 Å². The van der Waals surface area contributed by atoms with E-state index in [1.165, 1.54) is 0 Å². The Kier molecular flexibility index (Phi) is 4.78. The monoisotopic (exact) mass is 238 g/mol. The Balaban J connectivity index is 2.80. The van der Waals surface area contributed by atoms with Gasteiger partial charge in [-0.05, 0) is 26.2 Å². The van der Waals surface area contributed by atoms with Crippen molar-refractivity contribution >= 4 is 11.6 Å². The highest BCUT2D eigenvalue weighted by atomic mass is 16.5. The molecule has 0 aliphatic rings. The van der Waals surface area contributed by atoms with Crippen LogP contribution in [0.25, 0.3) is 0 Å². The van der Waals surface area contributed by atoms with Crippen molar-refractivity contribution in [1.29, 1.82) is 0 Å². The third-order valence-electron chi connectivity index (χ3n) is 2.14. The third-order valence-corrected chi connectivity index (χ3v) is 2.14. The average molecular weight is 238 g/mol. The molecule has 0 spiro atoms. The van der Waals surface area contributed by atoms with Crippen molar-refractivity contribution in [3.63, 3.8) is 0 Å². The number of likely N-dealkylation sites (N-methyl/N-ethyl adjacent to an activating group) is 1. The molecule has 0 heterocycles. The van der Waals surface area contributed by atoms with Crippen LogP contribution in [-0.2, 0) is 4.79 Å². The first-order valence-corrected chi connectivity index (χ1v) is 5.23. The van der Waals surface area contributed by atoms with E-state index >= 15 is 0 Å². The minimum Gasteiger partial charge on any atom is -0.497 e. The summed E-state index contributed by atoms with van der Waals surface area (Å²) in [4.78, 5) is 13.4. The van der Waals surface area contributed by atoms with Gasteiger partial charge in [0.25, 0.3) is 0 Å². The molecular weight excluding hydrogens is 220 g/mol. The Morgan fingerprint density at radius 1 is 1.29 bits per heavy atom.